The van der Waals surface area contributed by atoms with Crippen molar-refractivity contribution in [3.63, 3.8) is 0 Å². The van der Waals surface area contributed by atoms with Crippen LogP contribution in [0.5, 0.6) is 0 Å². The maximum atomic E-state index is 4.46. The summed E-state index contributed by atoms with van der Waals surface area (Å²) < 4.78 is 0. The first-order valence-corrected chi connectivity index (χ1v) is 5.52. The first-order chi connectivity index (χ1) is 8.33. The number of nitrogens with zero attached hydrogens (tertiary/aromatic N) is 1. The number of aromatic nitrogens is 1. The molecule has 1 aromatic heterocycles. The Hall–Kier alpha value is -2.35. The lowest BCUT2D eigenvalue weighted by atomic mass is 10.1. The summed E-state index contributed by atoms with van der Waals surface area (Å²) >= 11 is 0. The first kappa shape index (κ1) is 9.85. The fourth-order valence-corrected chi connectivity index (χ4v) is 1.90. The molecule has 0 fully saturated rings. The molecule has 0 amide bonds. The Morgan fingerprint density at radius 1 is 1.12 bits per heavy atom. The van der Waals surface area contributed by atoms with Gasteiger partial charge in [0.25, 0.3) is 0 Å². The largest absolute Gasteiger partial charge is 0.354 e. The summed E-state index contributed by atoms with van der Waals surface area (Å²) in [5, 5.41) is 5.56. The number of dihydropyridines is 1. The number of benzene rings is 1. The average Bonchev–Trinajstić information content (AvgIpc) is 2.38. The molecule has 1 aliphatic rings. The average molecular weight is 220 g/mol. The molecule has 3 rings (SSSR count). The van der Waals surface area contributed by atoms with Crippen LogP contribution in [0.15, 0.2) is 67.0 Å². The first-order valence-electron chi connectivity index (χ1n) is 5.52. The predicted molar refractivity (Wildman–Crippen MR) is 71.1 cm³/mol. The van der Waals surface area contributed by atoms with Gasteiger partial charge in [-0.3, -0.25) is 4.98 Å². The molecule has 2 nitrogen and oxygen atoms in total. The predicted octanol–water partition coefficient (Wildman–Crippen LogP) is 3.25. The lowest BCUT2D eigenvalue weighted by Crippen LogP contribution is -2.12. The topological polar surface area (TPSA) is 24.9 Å². The number of rotatable bonds is 1. The van der Waals surface area contributed by atoms with E-state index >= 15 is 0 Å². The molecule has 0 unspecified atom stereocenters. The summed E-state index contributed by atoms with van der Waals surface area (Å²) in [6, 6.07) is 10.3. The minimum absolute atomic E-state index is 0.887. The maximum Gasteiger partial charge on any atom is 0.0870 e. The van der Waals surface area contributed by atoms with Crippen molar-refractivity contribution in [2.24, 2.45) is 0 Å². The zero-order chi connectivity index (χ0) is 11.7. The Kier molecular flexibility index (Phi) is 2.26. The number of pyridine rings is 1. The molecule has 0 radical (unpaired) electrons. The van der Waals surface area contributed by atoms with Crippen molar-refractivity contribution in [1.29, 1.82) is 0 Å². The van der Waals surface area contributed by atoms with Crippen LogP contribution in [-0.4, -0.2) is 4.98 Å². The van der Waals surface area contributed by atoms with Crippen LogP contribution in [0.4, 0.5) is 0 Å². The number of fused-ring (bicyclic) bond motifs is 1. The molecule has 0 saturated heterocycles. The standard InChI is InChI=1S/C15H12N2/c1-11-5-4-8-14(17-11)15-9-12-6-2-3-7-13(12)10-16-15/h2-10,17H,1H2. The highest BCUT2D eigenvalue weighted by Crippen LogP contribution is 2.19. The van der Waals surface area contributed by atoms with Crippen molar-refractivity contribution in [3.05, 3.63) is 72.7 Å². The molecule has 2 heteroatoms. The van der Waals surface area contributed by atoms with E-state index in [1.54, 1.807) is 0 Å². The van der Waals surface area contributed by atoms with Crippen LogP contribution < -0.4 is 5.32 Å². The number of nitrogens with one attached hydrogen (secondary N) is 1. The van der Waals surface area contributed by atoms with Gasteiger partial charge in [0, 0.05) is 17.3 Å². The van der Waals surface area contributed by atoms with Crippen molar-refractivity contribution in [2.45, 2.75) is 0 Å². The fraction of sp³-hybridized carbons (Fsp3) is 0. The van der Waals surface area contributed by atoms with E-state index in [4.69, 9.17) is 0 Å². The molecular weight excluding hydrogens is 208 g/mol. The Morgan fingerprint density at radius 3 is 2.76 bits per heavy atom. The summed E-state index contributed by atoms with van der Waals surface area (Å²) in [6.07, 6.45) is 7.82. The van der Waals surface area contributed by atoms with Crippen LogP contribution in [0, 0.1) is 0 Å². The summed E-state index contributed by atoms with van der Waals surface area (Å²) in [5.74, 6) is 0. The van der Waals surface area contributed by atoms with Gasteiger partial charge >= 0.3 is 0 Å². The number of allylic oxidation sites excluding steroid dienone is 3. The highest BCUT2D eigenvalue weighted by atomic mass is 14.9. The van der Waals surface area contributed by atoms with Crippen LogP contribution in [-0.2, 0) is 0 Å². The van der Waals surface area contributed by atoms with E-state index < -0.39 is 0 Å². The van der Waals surface area contributed by atoms with Crippen LogP contribution in [0.1, 0.15) is 5.69 Å². The normalized spacial score (nSPS) is 14.6. The zero-order valence-corrected chi connectivity index (χ0v) is 9.35. The van der Waals surface area contributed by atoms with Gasteiger partial charge in [0.2, 0.25) is 0 Å². The van der Waals surface area contributed by atoms with Gasteiger partial charge in [-0.25, -0.2) is 0 Å². The molecule has 0 aliphatic carbocycles. The maximum absolute atomic E-state index is 4.46. The van der Waals surface area contributed by atoms with Crippen molar-refractivity contribution >= 4 is 16.5 Å². The Bertz CT molecular complexity index is 651. The number of hydrogen-bond donors (Lipinski definition) is 1. The molecule has 1 aliphatic heterocycles. The Labute approximate surface area is 100.0 Å². The van der Waals surface area contributed by atoms with Gasteiger partial charge in [-0.15, -0.1) is 0 Å². The van der Waals surface area contributed by atoms with Gasteiger partial charge in [-0.05, 0) is 23.6 Å². The van der Waals surface area contributed by atoms with Gasteiger partial charge in [-0.1, -0.05) is 36.9 Å². The molecule has 0 bridgehead atoms. The smallest absolute Gasteiger partial charge is 0.0870 e. The van der Waals surface area contributed by atoms with E-state index in [1.165, 1.54) is 5.39 Å². The fourth-order valence-electron chi connectivity index (χ4n) is 1.90. The van der Waals surface area contributed by atoms with Crippen molar-refractivity contribution in [3.8, 4) is 0 Å². The Balaban J connectivity index is 2.09. The van der Waals surface area contributed by atoms with Crippen LogP contribution >= 0.6 is 0 Å². The lowest BCUT2D eigenvalue weighted by Gasteiger charge is -2.13. The second kappa shape index (κ2) is 3.91. The summed E-state index contributed by atoms with van der Waals surface area (Å²) in [5.41, 5.74) is 2.81. The monoisotopic (exact) mass is 220 g/mol. The number of hydrogen-bond acceptors (Lipinski definition) is 2. The third kappa shape index (κ3) is 1.85. The summed E-state index contributed by atoms with van der Waals surface area (Å²) in [4.78, 5) is 4.46. The SMILES string of the molecule is C=C1C=CC=C(c2cc3ccccc3cn2)N1. The van der Waals surface area contributed by atoms with Gasteiger partial charge in [0.1, 0.15) is 0 Å². The van der Waals surface area contributed by atoms with Crippen molar-refractivity contribution < 1.29 is 0 Å². The molecular formula is C15H12N2. The molecule has 0 spiro atoms. The zero-order valence-electron chi connectivity index (χ0n) is 9.35. The molecule has 0 saturated carbocycles. The van der Waals surface area contributed by atoms with E-state index in [1.807, 2.05) is 36.6 Å². The highest BCUT2D eigenvalue weighted by molar-refractivity contribution is 5.84. The third-order valence-corrected chi connectivity index (χ3v) is 2.76. The summed E-state index contributed by atoms with van der Waals surface area (Å²) in [6.45, 7) is 3.89. The molecule has 82 valence electrons. The Morgan fingerprint density at radius 2 is 1.94 bits per heavy atom. The second-order valence-electron chi connectivity index (χ2n) is 4.01. The van der Waals surface area contributed by atoms with E-state index in [-0.39, 0.29) is 0 Å². The minimum atomic E-state index is 0.887. The van der Waals surface area contributed by atoms with E-state index in [2.05, 4.69) is 35.1 Å². The molecule has 2 heterocycles. The van der Waals surface area contributed by atoms with Gasteiger partial charge in [0.05, 0.1) is 11.4 Å². The van der Waals surface area contributed by atoms with Crippen molar-refractivity contribution in [1.82, 2.24) is 10.3 Å². The van der Waals surface area contributed by atoms with Gasteiger partial charge in [-0.2, -0.15) is 0 Å². The molecule has 2 aromatic rings. The molecule has 0 atom stereocenters. The third-order valence-electron chi connectivity index (χ3n) is 2.76. The van der Waals surface area contributed by atoms with E-state index in [9.17, 15) is 0 Å². The molecule has 17 heavy (non-hydrogen) atoms. The van der Waals surface area contributed by atoms with E-state index in [0.717, 1.165) is 22.5 Å². The van der Waals surface area contributed by atoms with Crippen LogP contribution in [0.2, 0.25) is 0 Å². The summed E-state index contributed by atoms with van der Waals surface area (Å²) in [7, 11) is 0. The van der Waals surface area contributed by atoms with Crippen LogP contribution in [0.25, 0.3) is 16.5 Å². The highest BCUT2D eigenvalue weighted by Gasteiger charge is 2.06. The van der Waals surface area contributed by atoms with Crippen LogP contribution in [0.3, 0.4) is 0 Å². The van der Waals surface area contributed by atoms with Gasteiger partial charge in [0.15, 0.2) is 0 Å². The molecule has 1 N–H and O–H groups in total. The minimum Gasteiger partial charge on any atom is -0.354 e. The van der Waals surface area contributed by atoms with Crippen molar-refractivity contribution in [2.75, 3.05) is 0 Å². The van der Waals surface area contributed by atoms with Gasteiger partial charge < -0.3 is 5.32 Å². The van der Waals surface area contributed by atoms with E-state index in [0.29, 0.717) is 0 Å². The lowest BCUT2D eigenvalue weighted by molar-refractivity contribution is 1.10. The quantitative estimate of drug-likeness (QED) is 0.798. The molecule has 1 aromatic carbocycles. The second-order valence-corrected chi connectivity index (χ2v) is 4.01.